The fourth-order valence-corrected chi connectivity index (χ4v) is 6.80. The molecule has 8 rings (SSSR count). The highest BCUT2D eigenvalue weighted by atomic mass is 14.7. The Hall–Kier alpha value is -5.60. The zero-order chi connectivity index (χ0) is 29.6. The van der Waals surface area contributed by atoms with E-state index >= 15 is 0 Å². The van der Waals surface area contributed by atoms with Gasteiger partial charge in [0.15, 0.2) is 0 Å². The Kier molecular flexibility index (Phi) is 6.27. The summed E-state index contributed by atoms with van der Waals surface area (Å²) in [6.07, 6.45) is 3.75. The predicted octanol–water partition coefficient (Wildman–Crippen LogP) is 11.2. The third-order valence-electron chi connectivity index (χ3n) is 8.83. The first-order valence-corrected chi connectivity index (χ1v) is 15.1. The van der Waals surface area contributed by atoms with Crippen LogP contribution in [0.25, 0.3) is 76.8 Å². The molecule has 2 aromatic heterocycles. The summed E-state index contributed by atoms with van der Waals surface area (Å²) in [4.78, 5) is 8.96. The van der Waals surface area contributed by atoms with Crippen molar-refractivity contribution in [3.8, 4) is 44.5 Å². The molecule has 0 N–H and O–H groups in total. The number of benzene rings is 6. The molecule has 2 nitrogen and oxygen atoms in total. The van der Waals surface area contributed by atoms with Gasteiger partial charge in [0.2, 0.25) is 0 Å². The SMILES string of the molecule is Cc1cc(-c2ccc(-c3c4ccccc4c(-c4ccc(-c5cccnc5C)c5ccccc45)c4ccccc34)cc2)ccn1. The minimum Gasteiger partial charge on any atom is -0.262 e. The number of pyridine rings is 2. The smallest absolute Gasteiger partial charge is 0.0451 e. The maximum atomic E-state index is 4.59. The van der Waals surface area contributed by atoms with E-state index in [9.17, 15) is 0 Å². The van der Waals surface area contributed by atoms with Crippen LogP contribution in [0.1, 0.15) is 11.4 Å². The molecule has 0 aliphatic carbocycles. The monoisotopic (exact) mass is 562 g/mol. The zero-order valence-electron chi connectivity index (χ0n) is 24.8. The second-order valence-electron chi connectivity index (χ2n) is 11.4. The average Bonchev–Trinajstić information content (AvgIpc) is 3.07. The number of hydrogen-bond donors (Lipinski definition) is 0. The molecule has 0 aliphatic heterocycles. The molecule has 0 saturated carbocycles. The van der Waals surface area contributed by atoms with Gasteiger partial charge in [-0.2, -0.15) is 0 Å². The maximum absolute atomic E-state index is 4.59. The summed E-state index contributed by atoms with van der Waals surface area (Å²) in [7, 11) is 0. The van der Waals surface area contributed by atoms with Gasteiger partial charge in [-0.1, -0.05) is 115 Å². The van der Waals surface area contributed by atoms with Gasteiger partial charge in [-0.05, 0) is 103 Å². The van der Waals surface area contributed by atoms with Crippen molar-refractivity contribution < 1.29 is 0 Å². The van der Waals surface area contributed by atoms with Crippen molar-refractivity contribution in [2.24, 2.45) is 0 Å². The lowest BCUT2D eigenvalue weighted by atomic mass is 9.83. The molecule has 2 heteroatoms. The van der Waals surface area contributed by atoms with Crippen LogP contribution in [0.4, 0.5) is 0 Å². The van der Waals surface area contributed by atoms with Crippen LogP contribution >= 0.6 is 0 Å². The molecule has 44 heavy (non-hydrogen) atoms. The number of aryl methyl sites for hydroxylation is 2. The zero-order valence-corrected chi connectivity index (χ0v) is 24.8. The van der Waals surface area contributed by atoms with Crippen LogP contribution < -0.4 is 0 Å². The number of rotatable bonds is 4. The van der Waals surface area contributed by atoms with E-state index in [1.54, 1.807) is 0 Å². The van der Waals surface area contributed by atoms with E-state index in [4.69, 9.17) is 0 Å². The lowest BCUT2D eigenvalue weighted by molar-refractivity contribution is 1.20. The number of fused-ring (bicyclic) bond motifs is 3. The first kappa shape index (κ1) is 26.1. The topological polar surface area (TPSA) is 25.8 Å². The largest absolute Gasteiger partial charge is 0.262 e. The van der Waals surface area contributed by atoms with E-state index in [-0.39, 0.29) is 0 Å². The third kappa shape index (κ3) is 4.27. The lowest BCUT2D eigenvalue weighted by Crippen LogP contribution is -1.93. The number of nitrogens with zero attached hydrogens (tertiary/aromatic N) is 2. The molecule has 2 heterocycles. The van der Waals surface area contributed by atoms with Crippen LogP contribution in [0, 0.1) is 13.8 Å². The standard InChI is InChI=1S/C42H30N2/c1-27-26-31(23-25-43-27)29-17-19-30(20-18-29)41-36-12-5-7-14-38(36)42(39-15-8-6-13-37(39)41)40-22-21-35(32-16-9-24-44-28(32)2)33-10-3-4-11-34(33)40/h3-26H,1-2H3. The molecule has 0 aliphatic rings. The van der Waals surface area contributed by atoms with Crippen molar-refractivity contribution in [2.45, 2.75) is 13.8 Å². The number of aromatic nitrogens is 2. The maximum Gasteiger partial charge on any atom is 0.0451 e. The van der Waals surface area contributed by atoms with Crippen LogP contribution in [-0.4, -0.2) is 9.97 Å². The Labute approximate surface area is 257 Å². The normalized spacial score (nSPS) is 11.4. The van der Waals surface area contributed by atoms with Gasteiger partial charge >= 0.3 is 0 Å². The summed E-state index contributed by atoms with van der Waals surface area (Å²) in [5, 5.41) is 7.50. The molecule has 0 fully saturated rings. The fourth-order valence-electron chi connectivity index (χ4n) is 6.80. The Bertz CT molecular complexity index is 2290. The summed E-state index contributed by atoms with van der Waals surface area (Å²) in [6.45, 7) is 4.12. The molecule has 6 aromatic carbocycles. The molecule has 0 spiro atoms. The average molecular weight is 563 g/mol. The van der Waals surface area contributed by atoms with Crippen molar-refractivity contribution in [3.63, 3.8) is 0 Å². The second kappa shape index (κ2) is 10.6. The van der Waals surface area contributed by atoms with E-state index in [1.807, 2.05) is 25.4 Å². The molecular weight excluding hydrogens is 532 g/mol. The minimum absolute atomic E-state index is 1.02. The van der Waals surface area contributed by atoms with Crippen molar-refractivity contribution in [2.75, 3.05) is 0 Å². The second-order valence-corrected chi connectivity index (χ2v) is 11.4. The van der Waals surface area contributed by atoms with E-state index in [0.29, 0.717) is 0 Å². The third-order valence-corrected chi connectivity index (χ3v) is 8.83. The Balaban J connectivity index is 1.39. The molecule has 0 saturated heterocycles. The van der Waals surface area contributed by atoms with Gasteiger partial charge in [-0.25, -0.2) is 0 Å². The molecule has 0 unspecified atom stereocenters. The van der Waals surface area contributed by atoms with Crippen molar-refractivity contribution >= 4 is 32.3 Å². The van der Waals surface area contributed by atoms with Crippen LogP contribution in [0.5, 0.6) is 0 Å². The van der Waals surface area contributed by atoms with Crippen molar-refractivity contribution in [3.05, 3.63) is 157 Å². The van der Waals surface area contributed by atoms with E-state index in [1.165, 1.54) is 76.8 Å². The Morgan fingerprint density at radius 1 is 0.364 bits per heavy atom. The van der Waals surface area contributed by atoms with Gasteiger partial charge in [0.25, 0.3) is 0 Å². The first-order valence-electron chi connectivity index (χ1n) is 15.1. The van der Waals surface area contributed by atoms with Crippen molar-refractivity contribution in [1.82, 2.24) is 9.97 Å². The van der Waals surface area contributed by atoms with Gasteiger partial charge in [-0.15, -0.1) is 0 Å². The van der Waals surface area contributed by atoms with Gasteiger partial charge in [0, 0.05) is 29.3 Å². The van der Waals surface area contributed by atoms with E-state index in [0.717, 1.165) is 11.4 Å². The molecule has 0 atom stereocenters. The van der Waals surface area contributed by atoms with Crippen LogP contribution in [0.3, 0.4) is 0 Å². The van der Waals surface area contributed by atoms with Gasteiger partial charge in [0.1, 0.15) is 0 Å². The summed E-state index contributed by atoms with van der Waals surface area (Å²) in [5.74, 6) is 0. The summed E-state index contributed by atoms with van der Waals surface area (Å²) < 4.78 is 0. The molecule has 0 bridgehead atoms. The molecule has 0 radical (unpaired) electrons. The molecule has 0 amide bonds. The summed E-state index contributed by atoms with van der Waals surface area (Å²) in [6, 6.07) is 48.5. The highest BCUT2D eigenvalue weighted by molar-refractivity contribution is 6.24. The minimum atomic E-state index is 1.02. The van der Waals surface area contributed by atoms with Gasteiger partial charge in [0.05, 0.1) is 0 Å². The quantitative estimate of drug-likeness (QED) is 0.199. The van der Waals surface area contributed by atoms with Crippen LogP contribution in [-0.2, 0) is 0 Å². The number of hydrogen-bond acceptors (Lipinski definition) is 2. The predicted molar refractivity (Wildman–Crippen MR) is 186 cm³/mol. The van der Waals surface area contributed by atoms with Gasteiger partial charge < -0.3 is 0 Å². The first-order chi connectivity index (χ1) is 21.7. The van der Waals surface area contributed by atoms with E-state index in [2.05, 4.69) is 144 Å². The highest BCUT2D eigenvalue weighted by Gasteiger charge is 2.19. The lowest BCUT2D eigenvalue weighted by Gasteiger charge is -2.20. The van der Waals surface area contributed by atoms with E-state index < -0.39 is 0 Å². The summed E-state index contributed by atoms with van der Waals surface area (Å²) in [5.41, 5.74) is 11.8. The molecule has 8 aromatic rings. The summed E-state index contributed by atoms with van der Waals surface area (Å²) >= 11 is 0. The van der Waals surface area contributed by atoms with Gasteiger partial charge in [-0.3, -0.25) is 9.97 Å². The highest BCUT2D eigenvalue weighted by Crippen LogP contribution is 2.46. The van der Waals surface area contributed by atoms with Crippen LogP contribution in [0.15, 0.2) is 146 Å². The van der Waals surface area contributed by atoms with Crippen molar-refractivity contribution in [1.29, 1.82) is 0 Å². The Morgan fingerprint density at radius 3 is 1.52 bits per heavy atom. The Morgan fingerprint density at radius 2 is 0.909 bits per heavy atom. The van der Waals surface area contributed by atoms with Crippen LogP contribution in [0.2, 0.25) is 0 Å². The molecular formula is C42H30N2. The fraction of sp³-hybridized carbons (Fsp3) is 0.0476. The molecule has 208 valence electrons.